The molecule has 0 aliphatic rings. The molecule has 0 saturated carbocycles. The number of hydrogen-bond donors (Lipinski definition) is 1. The van der Waals surface area contributed by atoms with Crippen LogP contribution in [0.15, 0.2) is 23.0 Å². The largest absolute Gasteiger partial charge is 0.373 e. The van der Waals surface area contributed by atoms with E-state index in [4.69, 9.17) is 4.74 Å². The molecular weight excluding hydrogens is 242 g/mol. The van der Waals surface area contributed by atoms with Crippen LogP contribution in [0.2, 0.25) is 0 Å². The van der Waals surface area contributed by atoms with Crippen LogP contribution in [0, 0.1) is 13.8 Å². The second-order valence-corrected chi connectivity index (χ2v) is 4.64. The Morgan fingerprint density at radius 3 is 2.74 bits per heavy atom. The molecule has 1 atom stereocenters. The van der Waals surface area contributed by atoms with Gasteiger partial charge in [-0.1, -0.05) is 24.6 Å². The van der Waals surface area contributed by atoms with Crippen LogP contribution in [0.4, 0.5) is 0 Å². The lowest BCUT2D eigenvalue weighted by molar-refractivity contribution is 0.0909. The lowest BCUT2D eigenvalue weighted by Gasteiger charge is -2.15. The average Bonchev–Trinajstić information content (AvgIpc) is 2.74. The summed E-state index contributed by atoms with van der Waals surface area (Å²) in [5.41, 5.74) is 2.81. The number of hydrogen-bond acceptors (Lipinski definition) is 3. The molecule has 1 aromatic heterocycles. The summed E-state index contributed by atoms with van der Waals surface area (Å²) in [6, 6.07) is 5.97. The molecule has 0 bridgehead atoms. The Hall–Kier alpha value is -1.88. The van der Waals surface area contributed by atoms with Crippen LogP contribution in [0.3, 0.4) is 0 Å². The fraction of sp³-hybridized carbons (Fsp3) is 0.429. The molecule has 2 rings (SSSR count). The van der Waals surface area contributed by atoms with Crippen molar-refractivity contribution in [3.05, 3.63) is 45.6 Å². The third kappa shape index (κ3) is 2.46. The van der Waals surface area contributed by atoms with Crippen molar-refractivity contribution < 1.29 is 4.74 Å². The van der Waals surface area contributed by atoms with Gasteiger partial charge in [-0.3, -0.25) is 0 Å². The number of aromatic nitrogens is 3. The molecule has 0 spiro atoms. The van der Waals surface area contributed by atoms with Gasteiger partial charge in [-0.05, 0) is 31.9 Å². The molecule has 0 aliphatic heterocycles. The summed E-state index contributed by atoms with van der Waals surface area (Å²) in [7, 11) is 1.62. The van der Waals surface area contributed by atoms with Crippen molar-refractivity contribution in [1.29, 1.82) is 0 Å². The van der Waals surface area contributed by atoms with Crippen molar-refractivity contribution in [2.24, 2.45) is 0 Å². The number of nitrogens with one attached hydrogen (secondary N) is 1. The van der Waals surface area contributed by atoms with E-state index < -0.39 is 0 Å². The van der Waals surface area contributed by atoms with E-state index in [9.17, 15) is 4.79 Å². The number of aromatic amines is 1. The van der Waals surface area contributed by atoms with Crippen LogP contribution in [-0.4, -0.2) is 21.9 Å². The van der Waals surface area contributed by atoms with Crippen molar-refractivity contribution in [1.82, 2.24) is 14.8 Å². The van der Waals surface area contributed by atoms with Crippen LogP contribution in [0.1, 0.15) is 36.4 Å². The average molecular weight is 261 g/mol. The second-order valence-electron chi connectivity index (χ2n) is 4.64. The van der Waals surface area contributed by atoms with Gasteiger partial charge in [0.05, 0.1) is 5.69 Å². The second kappa shape index (κ2) is 5.40. The lowest BCUT2D eigenvalue weighted by atomic mass is 10.1. The Bertz CT molecular complexity index is 624. The third-order valence-electron chi connectivity index (χ3n) is 3.23. The monoisotopic (exact) mass is 261 g/mol. The molecule has 0 aliphatic carbocycles. The smallest absolute Gasteiger partial charge is 0.348 e. The summed E-state index contributed by atoms with van der Waals surface area (Å²) in [5, 5.41) is 6.60. The Kier molecular flexibility index (Phi) is 3.85. The lowest BCUT2D eigenvalue weighted by Crippen LogP contribution is -2.20. The minimum atomic E-state index is -0.238. The van der Waals surface area contributed by atoms with Gasteiger partial charge < -0.3 is 4.74 Å². The molecule has 5 heteroatoms. The number of aryl methyl sites for hydroxylation is 2. The topological polar surface area (TPSA) is 59.9 Å². The highest BCUT2D eigenvalue weighted by atomic mass is 16.5. The number of ether oxygens (including phenoxy) is 1. The Balaban J connectivity index is 2.61. The molecule has 19 heavy (non-hydrogen) atoms. The zero-order valence-electron chi connectivity index (χ0n) is 11.7. The quantitative estimate of drug-likeness (QED) is 0.918. The number of H-pyrrole nitrogens is 1. The number of rotatable bonds is 4. The first-order valence-corrected chi connectivity index (χ1v) is 6.36. The van der Waals surface area contributed by atoms with Crippen molar-refractivity contribution in [3.63, 3.8) is 0 Å². The predicted molar refractivity (Wildman–Crippen MR) is 73.7 cm³/mol. The van der Waals surface area contributed by atoms with Gasteiger partial charge in [0, 0.05) is 7.11 Å². The van der Waals surface area contributed by atoms with E-state index in [0.29, 0.717) is 5.82 Å². The molecule has 1 aromatic carbocycles. The summed E-state index contributed by atoms with van der Waals surface area (Å²) in [6.07, 6.45) is 0.561. The Morgan fingerprint density at radius 2 is 2.16 bits per heavy atom. The fourth-order valence-electron chi connectivity index (χ4n) is 2.27. The molecule has 1 N–H and O–H groups in total. The van der Waals surface area contributed by atoms with Gasteiger partial charge in [-0.25, -0.2) is 14.5 Å². The highest BCUT2D eigenvalue weighted by molar-refractivity contribution is 5.43. The van der Waals surface area contributed by atoms with E-state index >= 15 is 0 Å². The molecule has 0 radical (unpaired) electrons. The zero-order valence-corrected chi connectivity index (χ0v) is 11.7. The molecule has 0 unspecified atom stereocenters. The summed E-state index contributed by atoms with van der Waals surface area (Å²) in [5.74, 6) is 0.613. The number of benzene rings is 1. The van der Waals surface area contributed by atoms with Crippen molar-refractivity contribution >= 4 is 0 Å². The summed E-state index contributed by atoms with van der Waals surface area (Å²) in [4.78, 5) is 12.0. The maximum atomic E-state index is 12.0. The minimum absolute atomic E-state index is 0.195. The molecule has 0 fully saturated rings. The third-order valence-corrected chi connectivity index (χ3v) is 3.23. The van der Waals surface area contributed by atoms with Crippen LogP contribution in [0.5, 0.6) is 0 Å². The van der Waals surface area contributed by atoms with E-state index in [0.717, 1.165) is 23.2 Å². The molecule has 5 nitrogen and oxygen atoms in total. The minimum Gasteiger partial charge on any atom is -0.373 e. The van der Waals surface area contributed by atoms with Gasteiger partial charge >= 0.3 is 5.69 Å². The summed E-state index contributed by atoms with van der Waals surface area (Å²) < 4.78 is 6.97. The first-order chi connectivity index (χ1) is 9.08. The SMILES string of the molecule is CC[C@H](OC)c1n[nH]c(=O)n1-c1ccc(C)cc1C. The van der Waals surface area contributed by atoms with Gasteiger partial charge in [0.15, 0.2) is 5.82 Å². The van der Waals surface area contributed by atoms with Crippen LogP contribution in [-0.2, 0) is 4.74 Å². The standard InChI is InChI=1S/C14H19N3O2/c1-5-12(19-4)13-15-16-14(18)17(13)11-7-6-9(2)8-10(11)3/h6-8,12H,5H2,1-4H3,(H,16,18)/t12-/m0/s1. The maximum Gasteiger partial charge on any atom is 0.348 e. The molecule has 2 aromatic rings. The van der Waals surface area contributed by atoms with E-state index in [-0.39, 0.29) is 11.8 Å². The van der Waals surface area contributed by atoms with Crippen molar-refractivity contribution in [3.8, 4) is 5.69 Å². The van der Waals surface area contributed by atoms with Crippen LogP contribution < -0.4 is 5.69 Å². The molecule has 1 heterocycles. The molecule has 0 saturated heterocycles. The molecular formula is C14H19N3O2. The zero-order chi connectivity index (χ0) is 14.0. The van der Waals surface area contributed by atoms with Gasteiger partial charge in [0.25, 0.3) is 0 Å². The maximum absolute atomic E-state index is 12.0. The fourth-order valence-corrected chi connectivity index (χ4v) is 2.27. The Morgan fingerprint density at radius 1 is 1.42 bits per heavy atom. The number of nitrogens with zero attached hydrogens (tertiary/aromatic N) is 2. The van der Waals surface area contributed by atoms with Gasteiger partial charge in [-0.15, -0.1) is 0 Å². The van der Waals surface area contributed by atoms with Crippen LogP contribution >= 0.6 is 0 Å². The molecule has 102 valence electrons. The summed E-state index contributed by atoms with van der Waals surface area (Å²) in [6.45, 7) is 6.01. The Labute approximate surface area is 112 Å². The van der Waals surface area contributed by atoms with E-state index in [2.05, 4.69) is 10.2 Å². The van der Waals surface area contributed by atoms with E-state index in [1.54, 1.807) is 11.7 Å². The predicted octanol–water partition coefficient (Wildman–Crippen LogP) is 2.27. The van der Waals surface area contributed by atoms with Crippen molar-refractivity contribution in [2.45, 2.75) is 33.3 Å². The van der Waals surface area contributed by atoms with E-state index in [1.165, 1.54) is 0 Å². The summed E-state index contributed by atoms with van der Waals surface area (Å²) >= 11 is 0. The number of methoxy groups -OCH3 is 1. The highest BCUT2D eigenvalue weighted by Gasteiger charge is 2.19. The molecule has 0 amide bonds. The first kappa shape index (κ1) is 13.5. The van der Waals surface area contributed by atoms with Gasteiger partial charge in [0.2, 0.25) is 0 Å². The first-order valence-electron chi connectivity index (χ1n) is 6.36. The van der Waals surface area contributed by atoms with Gasteiger partial charge in [-0.2, -0.15) is 5.10 Å². The van der Waals surface area contributed by atoms with Crippen molar-refractivity contribution in [2.75, 3.05) is 7.11 Å². The van der Waals surface area contributed by atoms with E-state index in [1.807, 2.05) is 39.0 Å². The van der Waals surface area contributed by atoms with Gasteiger partial charge in [0.1, 0.15) is 6.10 Å². The normalized spacial score (nSPS) is 12.6. The van der Waals surface area contributed by atoms with Crippen LogP contribution in [0.25, 0.3) is 5.69 Å². The highest BCUT2D eigenvalue weighted by Crippen LogP contribution is 2.21.